The van der Waals surface area contributed by atoms with Crippen molar-refractivity contribution in [3.63, 3.8) is 0 Å². The molecule has 5 nitrogen and oxygen atoms in total. The van der Waals surface area contributed by atoms with Crippen LogP contribution in [0, 0.1) is 0 Å². The molecule has 1 saturated heterocycles. The van der Waals surface area contributed by atoms with Crippen LogP contribution >= 0.6 is 0 Å². The lowest BCUT2D eigenvalue weighted by Gasteiger charge is -2.36. The Morgan fingerprint density at radius 1 is 1.50 bits per heavy atom. The van der Waals surface area contributed by atoms with E-state index < -0.39 is 19.0 Å². The highest BCUT2D eigenvalue weighted by Gasteiger charge is 2.32. The zero-order chi connectivity index (χ0) is 13.8. The molecular weight excluding hydrogens is 251 g/mol. The Morgan fingerprint density at radius 3 is 2.72 bits per heavy atom. The molecule has 0 bridgehead atoms. The van der Waals surface area contributed by atoms with Gasteiger partial charge in [-0.3, -0.25) is 14.4 Å². The van der Waals surface area contributed by atoms with Crippen LogP contribution in [0.5, 0.6) is 0 Å². The van der Waals surface area contributed by atoms with Crippen molar-refractivity contribution in [2.24, 2.45) is 0 Å². The molecule has 1 aliphatic rings. The van der Waals surface area contributed by atoms with Crippen molar-refractivity contribution < 1.29 is 22.7 Å². The number of halogens is 3. The van der Waals surface area contributed by atoms with Gasteiger partial charge in [0.15, 0.2) is 0 Å². The summed E-state index contributed by atoms with van der Waals surface area (Å²) in [4.78, 5) is 15.0. The summed E-state index contributed by atoms with van der Waals surface area (Å²) in [6, 6.07) is -0.425. The Kier molecular flexibility index (Phi) is 5.36. The molecule has 18 heavy (non-hydrogen) atoms. The maximum Gasteiger partial charge on any atom is 0.522 e. The van der Waals surface area contributed by atoms with Gasteiger partial charge in [0.2, 0.25) is 5.91 Å². The molecule has 8 heteroatoms. The normalized spacial score (nSPS) is 21.9. The second-order valence-electron chi connectivity index (χ2n) is 4.28. The highest BCUT2D eigenvalue weighted by Crippen LogP contribution is 2.16. The van der Waals surface area contributed by atoms with Gasteiger partial charge < -0.3 is 10.2 Å². The van der Waals surface area contributed by atoms with Crippen LogP contribution in [0.15, 0.2) is 0 Å². The van der Waals surface area contributed by atoms with Gasteiger partial charge in [0.1, 0.15) is 6.04 Å². The number of ether oxygens (including phenoxy) is 1. The molecule has 1 N–H and O–H groups in total. The minimum Gasteiger partial charge on any atom is -0.347 e. The van der Waals surface area contributed by atoms with E-state index in [1.807, 2.05) is 0 Å². The first-order valence-corrected chi connectivity index (χ1v) is 5.68. The highest BCUT2D eigenvalue weighted by molar-refractivity contribution is 5.81. The zero-order valence-corrected chi connectivity index (χ0v) is 10.5. The van der Waals surface area contributed by atoms with E-state index in [1.165, 1.54) is 4.90 Å². The fourth-order valence-corrected chi connectivity index (χ4v) is 1.83. The number of piperazine rings is 1. The predicted molar refractivity (Wildman–Crippen MR) is 58.9 cm³/mol. The minimum absolute atomic E-state index is 0.0887. The van der Waals surface area contributed by atoms with Gasteiger partial charge >= 0.3 is 6.36 Å². The van der Waals surface area contributed by atoms with Crippen molar-refractivity contribution in [2.75, 3.05) is 46.9 Å². The Labute approximate surface area is 104 Å². The quantitative estimate of drug-likeness (QED) is 0.773. The number of rotatable bonds is 4. The third-order valence-electron chi connectivity index (χ3n) is 2.72. The average Bonchev–Trinajstić information content (AvgIpc) is 2.27. The van der Waals surface area contributed by atoms with Gasteiger partial charge in [-0.15, -0.1) is 13.2 Å². The van der Waals surface area contributed by atoms with E-state index in [0.717, 1.165) is 0 Å². The number of nitrogens with zero attached hydrogens (tertiary/aromatic N) is 2. The number of nitrogens with one attached hydrogen (secondary N) is 1. The average molecular weight is 269 g/mol. The van der Waals surface area contributed by atoms with Gasteiger partial charge in [0.25, 0.3) is 0 Å². The zero-order valence-electron chi connectivity index (χ0n) is 10.5. The van der Waals surface area contributed by atoms with E-state index in [4.69, 9.17) is 0 Å². The summed E-state index contributed by atoms with van der Waals surface area (Å²) in [5.74, 6) is -0.116. The van der Waals surface area contributed by atoms with Crippen LogP contribution < -0.4 is 5.32 Å². The van der Waals surface area contributed by atoms with Crippen LogP contribution in [-0.4, -0.2) is 75.0 Å². The molecule has 1 fully saturated rings. The fraction of sp³-hybridized carbons (Fsp3) is 0.900. The topological polar surface area (TPSA) is 44.8 Å². The molecule has 1 aliphatic heterocycles. The van der Waals surface area contributed by atoms with Gasteiger partial charge in [-0.05, 0) is 0 Å². The maximum atomic E-state index is 11.9. The molecule has 106 valence electrons. The van der Waals surface area contributed by atoms with Crippen LogP contribution in [-0.2, 0) is 9.53 Å². The molecule has 0 aromatic heterocycles. The van der Waals surface area contributed by atoms with Crippen LogP contribution in [0.3, 0.4) is 0 Å². The van der Waals surface area contributed by atoms with Crippen molar-refractivity contribution in [3.05, 3.63) is 0 Å². The number of carbonyl (C=O) groups excluding carboxylic acids is 1. The fourth-order valence-electron chi connectivity index (χ4n) is 1.83. The van der Waals surface area contributed by atoms with Crippen molar-refractivity contribution in [1.82, 2.24) is 15.1 Å². The lowest BCUT2D eigenvalue weighted by Crippen LogP contribution is -2.58. The first-order valence-electron chi connectivity index (χ1n) is 5.68. The Morgan fingerprint density at radius 2 is 2.17 bits per heavy atom. The lowest BCUT2D eigenvalue weighted by atomic mass is 10.1. The molecule has 1 heterocycles. The van der Waals surface area contributed by atoms with Crippen molar-refractivity contribution >= 4 is 5.91 Å². The summed E-state index contributed by atoms with van der Waals surface area (Å²) in [7, 11) is 3.25. The van der Waals surface area contributed by atoms with Gasteiger partial charge in [-0.1, -0.05) is 0 Å². The number of likely N-dealkylation sites (N-methyl/N-ethyl adjacent to an activating group) is 1. The number of amides is 1. The van der Waals surface area contributed by atoms with Gasteiger partial charge in [-0.25, -0.2) is 0 Å². The van der Waals surface area contributed by atoms with E-state index in [0.29, 0.717) is 19.6 Å². The highest BCUT2D eigenvalue weighted by atomic mass is 19.4. The first-order chi connectivity index (χ1) is 8.31. The van der Waals surface area contributed by atoms with Crippen LogP contribution in [0.1, 0.15) is 0 Å². The molecule has 0 aromatic rings. The van der Waals surface area contributed by atoms with Gasteiger partial charge in [0.05, 0.1) is 6.61 Å². The number of hydrogen-bond donors (Lipinski definition) is 1. The summed E-state index contributed by atoms with van der Waals surface area (Å²) >= 11 is 0. The predicted octanol–water partition coefficient (Wildman–Crippen LogP) is -0.115. The molecule has 0 aliphatic carbocycles. The minimum atomic E-state index is -4.62. The molecule has 1 amide bonds. The van der Waals surface area contributed by atoms with E-state index in [-0.39, 0.29) is 12.5 Å². The van der Waals surface area contributed by atoms with Crippen LogP contribution in [0.4, 0.5) is 13.2 Å². The lowest BCUT2D eigenvalue weighted by molar-refractivity contribution is -0.325. The second kappa shape index (κ2) is 6.35. The molecule has 1 unspecified atom stereocenters. The number of carbonyl (C=O) groups is 1. The van der Waals surface area contributed by atoms with E-state index in [1.54, 1.807) is 19.0 Å². The Hall–Kier alpha value is -0.860. The third-order valence-corrected chi connectivity index (χ3v) is 2.72. The summed E-state index contributed by atoms with van der Waals surface area (Å²) < 4.78 is 39.3. The molecule has 0 aromatic carbocycles. The largest absolute Gasteiger partial charge is 0.522 e. The van der Waals surface area contributed by atoms with Crippen LogP contribution in [0.2, 0.25) is 0 Å². The van der Waals surface area contributed by atoms with E-state index >= 15 is 0 Å². The van der Waals surface area contributed by atoms with E-state index in [9.17, 15) is 18.0 Å². The standard InChI is InChI=1S/C10H18F3N3O2/c1-15(2)9(17)8-7-14-3-4-16(8)5-6-18-10(11,12)13/h8,14H,3-7H2,1-2H3. The molecule has 0 radical (unpaired) electrons. The molecular formula is C10H18F3N3O2. The van der Waals surface area contributed by atoms with Crippen LogP contribution in [0.25, 0.3) is 0 Å². The molecule has 1 atom stereocenters. The van der Waals surface area contributed by atoms with Gasteiger partial charge in [-0.2, -0.15) is 0 Å². The van der Waals surface area contributed by atoms with E-state index in [2.05, 4.69) is 10.1 Å². The Balaban J connectivity index is 2.47. The maximum absolute atomic E-state index is 11.9. The Bertz CT molecular complexity index is 284. The third kappa shape index (κ3) is 4.79. The second-order valence-corrected chi connectivity index (χ2v) is 4.28. The van der Waals surface area contributed by atoms with Gasteiger partial charge in [0, 0.05) is 40.3 Å². The number of alkyl halides is 3. The smallest absolute Gasteiger partial charge is 0.347 e. The monoisotopic (exact) mass is 269 g/mol. The molecule has 1 rings (SSSR count). The summed E-state index contributed by atoms with van der Waals surface area (Å²) in [6.07, 6.45) is -4.62. The molecule has 0 spiro atoms. The summed E-state index contributed by atoms with van der Waals surface area (Å²) in [5.41, 5.74) is 0. The summed E-state index contributed by atoms with van der Waals surface area (Å²) in [5, 5.41) is 3.06. The SMILES string of the molecule is CN(C)C(=O)C1CNCCN1CCOC(F)(F)F. The first kappa shape index (κ1) is 15.2. The summed E-state index contributed by atoms with van der Waals surface area (Å²) in [6.45, 7) is 1.27. The number of hydrogen-bond acceptors (Lipinski definition) is 4. The van der Waals surface area contributed by atoms with Crippen molar-refractivity contribution in [2.45, 2.75) is 12.4 Å². The van der Waals surface area contributed by atoms with Crippen molar-refractivity contribution in [3.8, 4) is 0 Å². The molecule has 0 saturated carbocycles. The van der Waals surface area contributed by atoms with Crippen molar-refractivity contribution in [1.29, 1.82) is 0 Å².